The van der Waals surface area contributed by atoms with E-state index in [0.717, 1.165) is 34.8 Å². The maximum atomic E-state index is 12.0. The van der Waals surface area contributed by atoms with Gasteiger partial charge in [-0.3, -0.25) is 0 Å². The molecule has 0 spiro atoms. The normalized spacial score (nSPS) is 11.2. The zero-order valence-corrected chi connectivity index (χ0v) is 15.0. The van der Waals surface area contributed by atoms with E-state index in [2.05, 4.69) is 11.9 Å². The number of ether oxygens (including phenoxy) is 2. The van der Waals surface area contributed by atoms with E-state index in [0.29, 0.717) is 6.61 Å². The maximum absolute atomic E-state index is 12.0. The number of carbonyl (C=O) groups excluding carboxylic acids is 1. The first-order chi connectivity index (χ1) is 12.7. The lowest BCUT2D eigenvalue weighted by molar-refractivity contribution is -0.139. The standard InChI is InChI=1S/C21H22N2O3/c1-3-14-25-18-10-7-17(8-11-18)9-12-21(24)26-15-19-16(2)22-20-6-4-5-13-23(19)20/h4-13H,3,14-15H2,1-2H3/b12-9+. The van der Waals surface area contributed by atoms with Gasteiger partial charge in [0.2, 0.25) is 0 Å². The highest BCUT2D eigenvalue weighted by Gasteiger charge is 2.09. The van der Waals surface area contributed by atoms with Gasteiger partial charge < -0.3 is 13.9 Å². The largest absolute Gasteiger partial charge is 0.494 e. The Bertz CT molecular complexity index is 911. The number of carbonyl (C=O) groups is 1. The molecule has 134 valence electrons. The van der Waals surface area contributed by atoms with Crippen LogP contribution < -0.4 is 4.74 Å². The number of rotatable bonds is 7. The second kappa shape index (κ2) is 8.34. The molecule has 0 aliphatic heterocycles. The lowest BCUT2D eigenvalue weighted by Crippen LogP contribution is -2.04. The lowest BCUT2D eigenvalue weighted by Gasteiger charge is -2.04. The van der Waals surface area contributed by atoms with Crippen molar-refractivity contribution in [2.24, 2.45) is 0 Å². The zero-order valence-electron chi connectivity index (χ0n) is 15.0. The minimum absolute atomic E-state index is 0.185. The quantitative estimate of drug-likeness (QED) is 0.474. The van der Waals surface area contributed by atoms with Crippen LogP contribution in [-0.2, 0) is 16.1 Å². The summed E-state index contributed by atoms with van der Waals surface area (Å²) < 4.78 is 12.8. The van der Waals surface area contributed by atoms with Crippen molar-refractivity contribution in [3.05, 3.63) is 71.7 Å². The van der Waals surface area contributed by atoms with Gasteiger partial charge in [0.15, 0.2) is 0 Å². The molecule has 0 saturated heterocycles. The number of nitrogens with zero attached hydrogens (tertiary/aromatic N) is 2. The zero-order chi connectivity index (χ0) is 18.4. The van der Waals surface area contributed by atoms with Gasteiger partial charge in [0, 0.05) is 12.3 Å². The van der Waals surface area contributed by atoms with Crippen LogP contribution in [0.15, 0.2) is 54.7 Å². The average molecular weight is 350 g/mol. The van der Waals surface area contributed by atoms with Crippen LogP contribution >= 0.6 is 0 Å². The summed E-state index contributed by atoms with van der Waals surface area (Å²) in [6.07, 6.45) is 6.05. The number of aromatic nitrogens is 2. The third-order valence-electron chi connectivity index (χ3n) is 3.95. The van der Waals surface area contributed by atoms with E-state index in [4.69, 9.17) is 9.47 Å². The van der Waals surface area contributed by atoms with Gasteiger partial charge in [-0.25, -0.2) is 9.78 Å². The number of aryl methyl sites for hydroxylation is 1. The lowest BCUT2D eigenvalue weighted by atomic mass is 10.2. The molecule has 0 N–H and O–H groups in total. The van der Waals surface area contributed by atoms with Crippen LogP contribution in [0.1, 0.15) is 30.3 Å². The van der Waals surface area contributed by atoms with Crippen molar-refractivity contribution in [2.45, 2.75) is 26.9 Å². The van der Waals surface area contributed by atoms with Gasteiger partial charge in [-0.2, -0.15) is 0 Å². The Labute approximate surface area is 152 Å². The molecule has 2 heterocycles. The molecule has 5 nitrogen and oxygen atoms in total. The molecule has 5 heteroatoms. The van der Waals surface area contributed by atoms with Crippen molar-refractivity contribution in [2.75, 3.05) is 6.61 Å². The summed E-state index contributed by atoms with van der Waals surface area (Å²) in [5.74, 6) is 0.441. The first kappa shape index (κ1) is 17.7. The van der Waals surface area contributed by atoms with Gasteiger partial charge in [0.25, 0.3) is 0 Å². The van der Waals surface area contributed by atoms with Crippen LogP contribution in [0.5, 0.6) is 5.75 Å². The topological polar surface area (TPSA) is 52.8 Å². The van der Waals surface area contributed by atoms with E-state index in [9.17, 15) is 4.79 Å². The molecular formula is C21H22N2O3. The van der Waals surface area contributed by atoms with Gasteiger partial charge in [-0.05, 0) is 49.2 Å². The second-order valence-corrected chi connectivity index (χ2v) is 5.93. The van der Waals surface area contributed by atoms with E-state index >= 15 is 0 Å². The van der Waals surface area contributed by atoms with Crippen molar-refractivity contribution in [1.29, 1.82) is 0 Å². The summed E-state index contributed by atoms with van der Waals surface area (Å²) in [5, 5.41) is 0. The van der Waals surface area contributed by atoms with Gasteiger partial charge in [-0.1, -0.05) is 25.1 Å². The van der Waals surface area contributed by atoms with Crippen LogP contribution in [0.4, 0.5) is 0 Å². The molecule has 26 heavy (non-hydrogen) atoms. The molecule has 0 atom stereocenters. The fraction of sp³-hybridized carbons (Fsp3) is 0.238. The summed E-state index contributed by atoms with van der Waals surface area (Å²) in [4.78, 5) is 16.5. The van der Waals surface area contributed by atoms with Gasteiger partial charge in [-0.15, -0.1) is 0 Å². The van der Waals surface area contributed by atoms with E-state index in [1.54, 1.807) is 6.08 Å². The third kappa shape index (κ3) is 4.30. The Morgan fingerprint density at radius 3 is 2.77 bits per heavy atom. The van der Waals surface area contributed by atoms with Gasteiger partial charge in [0.1, 0.15) is 18.0 Å². The van der Waals surface area contributed by atoms with Crippen molar-refractivity contribution >= 4 is 17.7 Å². The number of hydrogen-bond donors (Lipinski definition) is 0. The van der Waals surface area contributed by atoms with Crippen LogP contribution in [0.25, 0.3) is 11.7 Å². The molecule has 0 amide bonds. The predicted molar refractivity (Wildman–Crippen MR) is 101 cm³/mol. The van der Waals surface area contributed by atoms with Crippen LogP contribution in [-0.4, -0.2) is 22.0 Å². The molecule has 3 aromatic rings. The van der Waals surface area contributed by atoms with Crippen molar-refractivity contribution in [3.8, 4) is 5.75 Å². The molecular weight excluding hydrogens is 328 g/mol. The minimum atomic E-state index is -0.387. The average Bonchev–Trinajstić information content (AvgIpc) is 2.99. The second-order valence-electron chi connectivity index (χ2n) is 5.93. The molecule has 0 radical (unpaired) electrons. The third-order valence-corrected chi connectivity index (χ3v) is 3.95. The summed E-state index contributed by atoms with van der Waals surface area (Å²) >= 11 is 0. The number of benzene rings is 1. The first-order valence-corrected chi connectivity index (χ1v) is 8.67. The highest BCUT2D eigenvalue weighted by Crippen LogP contribution is 2.15. The van der Waals surface area contributed by atoms with Crippen molar-refractivity contribution in [1.82, 2.24) is 9.38 Å². The molecule has 0 aliphatic carbocycles. The van der Waals surface area contributed by atoms with Crippen LogP contribution in [0, 0.1) is 6.92 Å². The van der Waals surface area contributed by atoms with E-state index in [1.165, 1.54) is 6.08 Å². The monoisotopic (exact) mass is 350 g/mol. The Hall–Kier alpha value is -3.08. The van der Waals surface area contributed by atoms with E-state index < -0.39 is 0 Å². The highest BCUT2D eigenvalue weighted by molar-refractivity contribution is 5.87. The van der Waals surface area contributed by atoms with Crippen LogP contribution in [0.3, 0.4) is 0 Å². The van der Waals surface area contributed by atoms with Gasteiger partial charge in [0.05, 0.1) is 18.0 Å². The number of fused-ring (bicyclic) bond motifs is 1. The molecule has 3 rings (SSSR count). The smallest absolute Gasteiger partial charge is 0.331 e. The summed E-state index contributed by atoms with van der Waals surface area (Å²) in [7, 11) is 0. The molecule has 0 fully saturated rings. The first-order valence-electron chi connectivity index (χ1n) is 8.67. The van der Waals surface area contributed by atoms with Gasteiger partial charge >= 0.3 is 5.97 Å². The SMILES string of the molecule is CCCOc1ccc(/C=C/C(=O)OCc2c(C)nc3ccccn23)cc1. The highest BCUT2D eigenvalue weighted by atomic mass is 16.5. The number of imidazole rings is 1. The Morgan fingerprint density at radius 2 is 2.00 bits per heavy atom. The number of pyridine rings is 1. The maximum Gasteiger partial charge on any atom is 0.331 e. The van der Waals surface area contributed by atoms with Crippen LogP contribution in [0.2, 0.25) is 0 Å². The summed E-state index contributed by atoms with van der Waals surface area (Å²) in [6, 6.07) is 13.4. The molecule has 0 bridgehead atoms. The molecule has 0 aliphatic rings. The minimum Gasteiger partial charge on any atom is -0.494 e. The Kier molecular flexibility index (Phi) is 5.69. The number of esters is 1. The Balaban J connectivity index is 1.58. The fourth-order valence-corrected chi connectivity index (χ4v) is 2.59. The predicted octanol–water partition coefficient (Wildman–Crippen LogP) is 4.19. The van der Waals surface area contributed by atoms with E-state index in [1.807, 2.05) is 60.0 Å². The number of hydrogen-bond acceptors (Lipinski definition) is 4. The molecule has 2 aromatic heterocycles. The molecule has 1 aromatic carbocycles. The Morgan fingerprint density at radius 1 is 1.19 bits per heavy atom. The van der Waals surface area contributed by atoms with E-state index in [-0.39, 0.29) is 12.6 Å². The molecule has 0 unspecified atom stereocenters. The summed E-state index contributed by atoms with van der Waals surface area (Å²) in [5.41, 5.74) is 3.49. The molecule has 0 saturated carbocycles. The fourth-order valence-electron chi connectivity index (χ4n) is 2.59. The van der Waals surface area contributed by atoms with Crippen molar-refractivity contribution in [3.63, 3.8) is 0 Å². The summed E-state index contributed by atoms with van der Waals surface area (Å²) in [6.45, 7) is 4.86. The van der Waals surface area contributed by atoms with Crippen molar-refractivity contribution < 1.29 is 14.3 Å².